The molecule has 1 fully saturated rings. The molecule has 0 spiro atoms. The van der Waals surface area contributed by atoms with E-state index in [4.69, 9.17) is 0 Å². The fraction of sp³-hybridized carbons (Fsp3) is 0.647. The Morgan fingerprint density at radius 1 is 1.38 bits per heavy atom. The zero-order valence-corrected chi connectivity index (χ0v) is 14.6. The van der Waals surface area contributed by atoms with E-state index in [0.717, 1.165) is 32.2 Å². The summed E-state index contributed by atoms with van der Waals surface area (Å²) >= 11 is 3.18. The average molecular weight is 360 g/mol. The minimum absolute atomic E-state index is 0.104. The van der Waals surface area contributed by atoms with Crippen molar-refractivity contribution in [1.82, 2.24) is 5.32 Å². The van der Waals surface area contributed by atoms with E-state index in [9.17, 15) is 8.78 Å². The van der Waals surface area contributed by atoms with E-state index in [-0.39, 0.29) is 22.9 Å². The van der Waals surface area contributed by atoms with Crippen LogP contribution < -0.4 is 5.32 Å². The summed E-state index contributed by atoms with van der Waals surface area (Å²) in [6, 6.07) is 2.52. The fourth-order valence-corrected chi connectivity index (χ4v) is 3.89. The molecule has 1 aromatic rings. The Labute approximate surface area is 134 Å². The molecule has 1 aromatic carbocycles. The Morgan fingerprint density at radius 3 is 2.67 bits per heavy atom. The van der Waals surface area contributed by atoms with Crippen LogP contribution in [0.3, 0.4) is 0 Å². The molecule has 2 rings (SSSR count). The first kappa shape index (κ1) is 16.9. The SMILES string of the molecule is CCCNC(c1c(F)ccc(Br)c1F)C1CCCC1(C)C. The van der Waals surface area contributed by atoms with Gasteiger partial charge in [0.25, 0.3) is 0 Å². The quantitative estimate of drug-likeness (QED) is 0.675. The second kappa shape index (κ2) is 6.74. The van der Waals surface area contributed by atoms with Crippen LogP contribution in [0.15, 0.2) is 16.6 Å². The Kier molecular flexibility index (Phi) is 5.42. The van der Waals surface area contributed by atoms with Gasteiger partial charge in [0.2, 0.25) is 0 Å². The smallest absolute Gasteiger partial charge is 0.145 e. The van der Waals surface area contributed by atoms with Crippen LogP contribution in [0.4, 0.5) is 8.78 Å². The highest BCUT2D eigenvalue weighted by Gasteiger charge is 2.41. The molecule has 118 valence electrons. The van der Waals surface area contributed by atoms with E-state index in [1.54, 1.807) is 0 Å². The summed E-state index contributed by atoms with van der Waals surface area (Å²) in [5, 5.41) is 3.39. The summed E-state index contributed by atoms with van der Waals surface area (Å²) < 4.78 is 29.2. The molecule has 0 heterocycles. The van der Waals surface area contributed by atoms with Gasteiger partial charge >= 0.3 is 0 Å². The maximum atomic E-state index is 14.5. The zero-order chi connectivity index (χ0) is 15.6. The van der Waals surface area contributed by atoms with E-state index in [0.29, 0.717) is 4.47 Å². The Morgan fingerprint density at radius 2 is 2.10 bits per heavy atom. The van der Waals surface area contributed by atoms with Crippen LogP contribution in [0.25, 0.3) is 0 Å². The van der Waals surface area contributed by atoms with Crippen molar-refractivity contribution >= 4 is 15.9 Å². The van der Waals surface area contributed by atoms with Crippen molar-refractivity contribution in [2.24, 2.45) is 11.3 Å². The number of nitrogens with one attached hydrogen (secondary N) is 1. The van der Waals surface area contributed by atoms with Crippen molar-refractivity contribution in [1.29, 1.82) is 0 Å². The van der Waals surface area contributed by atoms with Crippen molar-refractivity contribution in [3.8, 4) is 0 Å². The summed E-state index contributed by atoms with van der Waals surface area (Å²) in [6.07, 6.45) is 4.19. The second-order valence-electron chi connectivity index (χ2n) is 6.68. The molecule has 1 saturated carbocycles. The van der Waals surface area contributed by atoms with E-state index >= 15 is 0 Å². The van der Waals surface area contributed by atoms with Crippen LogP contribution in [-0.2, 0) is 0 Å². The average Bonchev–Trinajstić information content (AvgIpc) is 2.77. The lowest BCUT2D eigenvalue weighted by Gasteiger charge is -2.35. The summed E-state index contributed by atoms with van der Waals surface area (Å²) in [4.78, 5) is 0. The van der Waals surface area contributed by atoms with Crippen molar-refractivity contribution in [3.05, 3.63) is 33.8 Å². The number of rotatable bonds is 5. The predicted molar refractivity (Wildman–Crippen MR) is 86.2 cm³/mol. The molecule has 0 saturated heterocycles. The lowest BCUT2D eigenvalue weighted by atomic mass is 9.75. The van der Waals surface area contributed by atoms with Gasteiger partial charge in [0.05, 0.1) is 4.47 Å². The highest BCUT2D eigenvalue weighted by molar-refractivity contribution is 9.10. The Bertz CT molecular complexity index is 502. The lowest BCUT2D eigenvalue weighted by Crippen LogP contribution is -2.35. The summed E-state index contributed by atoms with van der Waals surface area (Å²) in [6.45, 7) is 7.25. The third kappa shape index (κ3) is 3.48. The molecule has 1 nitrogen and oxygen atoms in total. The minimum Gasteiger partial charge on any atom is -0.309 e. The van der Waals surface area contributed by atoms with E-state index in [1.807, 2.05) is 0 Å². The van der Waals surface area contributed by atoms with Crippen molar-refractivity contribution in [2.45, 2.75) is 52.5 Å². The van der Waals surface area contributed by atoms with Crippen LogP contribution >= 0.6 is 15.9 Å². The zero-order valence-electron chi connectivity index (χ0n) is 13.0. The topological polar surface area (TPSA) is 12.0 Å². The standard InChI is InChI=1S/C17H24BrF2N/c1-4-10-21-16(11-6-5-9-17(11,2)3)14-13(19)8-7-12(18)15(14)20/h7-8,11,16,21H,4-6,9-10H2,1-3H3. The monoisotopic (exact) mass is 359 g/mol. The maximum Gasteiger partial charge on any atom is 0.145 e. The summed E-state index contributed by atoms with van der Waals surface area (Å²) in [5.41, 5.74) is 0.296. The second-order valence-corrected chi connectivity index (χ2v) is 7.53. The van der Waals surface area contributed by atoms with Gasteiger partial charge in [0, 0.05) is 11.6 Å². The van der Waals surface area contributed by atoms with Gasteiger partial charge in [0.15, 0.2) is 0 Å². The highest BCUT2D eigenvalue weighted by atomic mass is 79.9. The molecule has 1 aliphatic carbocycles. The van der Waals surface area contributed by atoms with Crippen LogP contribution in [0.2, 0.25) is 0 Å². The van der Waals surface area contributed by atoms with Gasteiger partial charge in [-0.15, -0.1) is 0 Å². The predicted octanol–water partition coefficient (Wildman–Crippen LogP) is 5.59. The van der Waals surface area contributed by atoms with Crippen LogP contribution in [0.1, 0.15) is 58.1 Å². The number of hydrogen-bond acceptors (Lipinski definition) is 1. The first-order valence-corrected chi connectivity index (χ1v) is 8.54. The van der Waals surface area contributed by atoms with Gasteiger partial charge in [-0.25, -0.2) is 8.78 Å². The van der Waals surface area contributed by atoms with Gasteiger partial charge in [-0.2, -0.15) is 0 Å². The molecular weight excluding hydrogens is 336 g/mol. The first-order valence-electron chi connectivity index (χ1n) is 7.75. The van der Waals surface area contributed by atoms with Gasteiger partial charge in [0.1, 0.15) is 11.6 Å². The molecule has 1 N–H and O–H groups in total. The van der Waals surface area contributed by atoms with E-state index in [2.05, 4.69) is 42.0 Å². The molecule has 1 aliphatic rings. The minimum atomic E-state index is -0.466. The summed E-state index contributed by atoms with van der Waals surface area (Å²) in [5.74, 6) is -0.666. The fourth-order valence-electron chi connectivity index (χ4n) is 3.54. The molecule has 4 heteroatoms. The first-order chi connectivity index (χ1) is 9.88. The molecule has 0 radical (unpaired) electrons. The van der Waals surface area contributed by atoms with Gasteiger partial charge in [-0.1, -0.05) is 27.2 Å². The normalized spacial score (nSPS) is 22.5. The molecule has 0 bridgehead atoms. The largest absolute Gasteiger partial charge is 0.309 e. The molecule has 0 aromatic heterocycles. The molecule has 2 unspecified atom stereocenters. The van der Waals surface area contributed by atoms with E-state index < -0.39 is 11.6 Å². The molecule has 0 amide bonds. The maximum absolute atomic E-state index is 14.5. The molecule has 21 heavy (non-hydrogen) atoms. The number of halogens is 3. The molecule has 2 atom stereocenters. The van der Waals surface area contributed by atoms with Crippen molar-refractivity contribution in [2.75, 3.05) is 6.54 Å². The van der Waals surface area contributed by atoms with Crippen molar-refractivity contribution < 1.29 is 8.78 Å². The van der Waals surface area contributed by atoms with Crippen LogP contribution in [-0.4, -0.2) is 6.54 Å². The van der Waals surface area contributed by atoms with Crippen molar-refractivity contribution in [3.63, 3.8) is 0 Å². The third-order valence-corrected chi connectivity index (χ3v) is 5.36. The van der Waals surface area contributed by atoms with Gasteiger partial charge in [-0.05, 0) is 65.2 Å². The molecule has 0 aliphatic heterocycles. The highest BCUT2D eigenvalue weighted by Crippen LogP contribution is 2.49. The molecular formula is C17H24BrF2N. The van der Waals surface area contributed by atoms with Crippen LogP contribution in [0, 0.1) is 23.0 Å². The number of hydrogen-bond donors (Lipinski definition) is 1. The van der Waals surface area contributed by atoms with Crippen LogP contribution in [0.5, 0.6) is 0 Å². The van der Waals surface area contributed by atoms with E-state index in [1.165, 1.54) is 12.1 Å². The number of benzene rings is 1. The van der Waals surface area contributed by atoms with Gasteiger partial charge in [-0.3, -0.25) is 0 Å². The third-order valence-electron chi connectivity index (χ3n) is 4.75. The summed E-state index contributed by atoms with van der Waals surface area (Å²) in [7, 11) is 0. The van der Waals surface area contributed by atoms with Gasteiger partial charge < -0.3 is 5.32 Å². The Hall–Kier alpha value is -0.480. The Balaban J connectivity index is 2.43. The lowest BCUT2D eigenvalue weighted by molar-refractivity contribution is 0.191.